The van der Waals surface area contributed by atoms with Crippen molar-refractivity contribution in [2.45, 2.75) is 12.5 Å². The number of rotatable bonds is 2. The molecule has 1 N–H and O–H groups in total. The van der Waals surface area contributed by atoms with Gasteiger partial charge in [0.15, 0.2) is 17.7 Å². The van der Waals surface area contributed by atoms with Crippen molar-refractivity contribution in [3.05, 3.63) is 29.6 Å². The van der Waals surface area contributed by atoms with E-state index < -0.39 is 24.0 Å². The number of nitrogens with zero attached hydrogens (tertiary/aromatic N) is 1. The summed E-state index contributed by atoms with van der Waals surface area (Å²) in [7, 11) is 0. The first-order chi connectivity index (χ1) is 7.33. The Morgan fingerprint density at radius 2 is 2.00 bits per heavy atom. The zero-order valence-corrected chi connectivity index (χ0v) is 7.62. The SMILES string of the molecule is N#CC(O)c1ccc(F)c(OC(F)(F)F)c1. The van der Waals surface area contributed by atoms with Crippen LogP contribution in [0.1, 0.15) is 11.7 Å². The van der Waals surface area contributed by atoms with E-state index in [2.05, 4.69) is 4.74 Å². The molecule has 0 aliphatic rings. The number of aliphatic hydroxyl groups excluding tert-OH is 1. The maximum Gasteiger partial charge on any atom is 0.573 e. The van der Waals surface area contributed by atoms with Crippen molar-refractivity contribution in [2.24, 2.45) is 0 Å². The van der Waals surface area contributed by atoms with Gasteiger partial charge in [0.2, 0.25) is 0 Å². The Kier molecular flexibility index (Phi) is 3.34. The summed E-state index contributed by atoms with van der Waals surface area (Å²) in [6.07, 6.45) is -6.66. The molecule has 0 bridgehead atoms. The van der Waals surface area contributed by atoms with Crippen LogP contribution in [0.4, 0.5) is 17.6 Å². The van der Waals surface area contributed by atoms with Crippen molar-refractivity contribution >= 4 is 0 Å². The second kappa shape index (κ2) is 4.37. The molecule has 0 fully saturated rings. The summed E-state index contributed by atoms with van der Waals surface area (Å²) >= 11 is 0. The second-order valence-corrected chi connectivity index (χ2v) is 2.77. The van der Waals surface area contributed by atoms with Gasteiger partial charge in [-0.1, -0.05) is 6.07 Å². The highest BCUT2D eigenvalue weighted by Gasteiger charge is 2.32. The van der Waals surface area contributed by atoms with Crippen LogP contribution in [0.3, 0.4) is 0 Å². The highest BCUT2D eigenvalue weighted by Crippen LogP contribution is 2.28. The third kappa shape index (κ3) is 3.10. The summed E-state index contributed by atoms with van der Waals surface area (Å²) in [4.78, 5) is 0. The topological polar surface area (TPSA) is 53.2 Å². The molecule has 1 atom stereocenters. The van der Waals surface area contributed by atoms with Crippen molar-refractivity contribution in [3.63, 3.8) is 0 Å². The lowest BCUT2D eigenvalue weighted by Gasteiger charge is -2.11. The van der Waals surface area contributed by atoms with Gasteiger partial charge in [-0.25, -0.2) is 4.39 Å². The molecule has 0 saturated heterocycles. The lowest BCUT2D eigenvalue weighted by atomic mass is 10.1. The minimum absolute atomic E-state index is 0.178. The van der Waals surface area contributed by atoms with E-state index in [1.807, 2.05) is 0 Å². The van der Waals surface area contributed by atoms with E-state index in [-0.39, 0.29) is 5.56 Å². The molecule has 0 saturated carbocycles. The number of hydrogen-bond acceptors (Lipinski definition) is 3. The second-order valence-electron chi connectivity index (χ2n) is 2.77. The number of alkyl halides is 3. The Morgan fingerprint density at radius 1 is 1.38 bits per heavy atom. The molecule has 1 rings (SSSR count). The first-order valence-electron chi connectivity index (χ1n) is 3.96. The summed E-state index contributed by atoms with van der Waals surface area (Å²) in [5.41, 5.74) is -0.178. The highest BCUT2D eigenvalue weighted by molar-refractivity contribution is 5.33. The van der Waals surface area contributed by atoms with E-state index in [1.54, 1.807) is 0 Å². The van der Waals surface area contributed by atoms with E-state index in [9.17, 15) is 17.6 Å². The largest absolute Gasteiger partial charge is 0.573 e. The van der Waals surface area contributed by atoms with Gasteiger partial charge in [-0.3, -0.25) is 0 Å². The zero-order chi connectivity index (χ0) is 12.3. The maximum absolute atomic E-state index is 12.9. The number of nitriles is 1. The van der Waals surface area contributed by atoms with Gasteiger partial charge in [-0.05, 0) is 17.7 Å². The van der Waals surface area contributed by atoms with E-state index in [0.717, 1.165) is 6.07 Å². The van der Waals surface area contributed by atoms with Crippen LogP contribution in [0.5, 0.6) is 5.75 Å². The number of benzene rings is 1. The summed E-state index contributed by atoms with van der Waals surface area (Å²) < 4.78 is 51.7. The van der Waals surface area contributed by atoms with Crippen LogP contribution in [0, 0.1) is 17.1 Å². The predicted molar refractivity (Wildman–Crippen MR) is 43.7 cm³/mol. The number of halogens is 4. The average molecular weight is 235 g/mol. The summed E-state index contributed by atoms with van der Waals surface area (Å²) in [6, 6.07) is 3.68. The van der Waals surface area contributed by atoms with Gasteiger partial charge in [0, 0.05) is 0 Å². The van der Waals surface area contributed by atoms with E-state index in [4.69, 9.17) is 10.4 Å². The molecule has 0 spiro atoms. The number of ether oxygens (including phenoxy) is 1. The summed E-state index contributed by atoms with van der Waals surface area (Å²) in [5.74, 6) is -2.31. The Labute approximate surface area is 87.5 Å². The minimum Gasteiger partial charge on any atom is -0.403 e. The Hall–Kier alpha value is -1.81. The lowest BCUT2D eigenvalue weighted by Crippen LogP contribution is -2.18. The van der Waals surface area contributed by atoms with Crippen LogP contribution < -0.4 is 4.74 Å². The lowest BCUT2D eigenvalue weighted by molar-refractivity contribution is -0.275. The normalized spacial score (nSPS) is 13.0. The molecular formula is C9H5F4NO2. The van der Waals surface area contributed by atoms with Crippen molar-refractivity contribution in [1.29, 1.82) is 5.26 Å². The van der Waals surface area contributed by atoms with Crippen LogP contribution in [0.25, 0.3) is 0 Å². The fraction of sp³-hybridized carbons (Fsp3) is 0.222. The van der Waals surface area contributed by atoms with Gasteiger partial charge in [0.25, 0.3) is 0 Å². The molecule has 1 aromatic carbocycles. The van der Waals surface area contributed by atoms with Gasteiger partial charge in [0.1, 0.15) is 0 Å². The smallest absolute Gasteiger partial charge is 0.403 e. The minimum atomic E-state index is -5.03. The van der Waals surface area contributed by atoms with Gasteiger partial charge >= 0.3 is 6.36 Å². The molecule has 0 aromatic heterocycles. The molecule has 0 amide bonds. The molecule has 7 heteroatoms. The summed E-state index contributed by atoms with van der Waals surface area (Å²) in [5, 5.41) is 17.3. The third-order valence-corrected chi connectivity index (χ3v) is 1.62. The number of hydrogen-bond donors (Lipinski definition) is 1. The molecule has 0 aliphatic carbocycles. The van der Waals surface area contributed by atoms with Crippen LogP contribution >= 0.6 is 0 Å². The monoisotopic (exact) mass is 235 g/mol. The first-order valence-corrected chi connectivity index (χ1v) is 3.96. The Morgan fingerprint density at radius 3 is 2.50 bits per heavy atom. The molecule has 0 radical (unpaired) electrons. The highest BCUT2D eigenvalue weighted by atomic mass is 19.4. The predicted octanol–water partition coefficient (Wildman–Crippen LogP) is 2.28. The Bertz CT molecular complexity index is 424. The van der Waals surface area contributed by atoms with Crippen molar-refractivity contribution in [2.75, 3.05) is 0 Å². The average Bonchev–Trinajstić information content (AvgIpc) is 2.18. The van der Waals surface area contributed by atoms with Crippen LogP contribution in [0.15, 0.2) is 18.2 Å². The van der Waals surface area contributed by atoms with E-state index in [0.29, 0.717) is 12.1 Å². The zero-order valence-electron chi connectivity index (χ0n) is 7.62. The van der Waals surface area contributed by atoms with Crippen LogP contribution in [-0.4, -0.2) is 11.5 Å². The fourth-order valence-corrected chi connectivity index (χ4v) is 0.967. The van der Waals surface area contributed by atoms with Crippen molar-refractivity contribution in [1.82, 2.24) is 0 Å². The molecular weight excluding hydrogens is 230 g/mol. The maximum atomic E-state index is 12.9. The first kappa shape index (κ1) is 12.3. The molecule has 16 heavy (non-hydrogen) atoms. The molecule has 0 heterocycles. The molecule has 3 nitrogen and oxygen atoms in total. The van der Waals surface area contributed by atoms with Crippen LogP contribution in [0.2, 0.25) is 0 Å². The van der Waals surface area contributed by atoms with Gasteiger partial charge < -0.3 is 9.84 Å². The van der Waals surface area contributed by atoms with Crippen molar-refractivity contribution in [3.8, 4) is 11.8 Å². The molecule has 1 aromatic rings. The quantitative estimate of drug-likeness (QED) is 0.632. The number of aliphatic hydroxyl groups is 1. The third-order valence-electron chi connectivity index (χ3n) is 1.62. The van der Waals surface area contributed by atoms with Gasteiger partial charge in [-0.2, -0.15) is 5.26 Å². The fourth-order valence-electron chi connectivity index (χ4n) is 0.967. The van der Waals surface area contributed by atoms with Gasteiger partial charge in [-0.15, -0.1) is 13.2 Å². The molecule has 1 unspecified atom stereocenters. The summed E-state index contributed by atoms with van der Waals surface area (Å²) in [6.45, 7) is 0. The standard InChI is InChI=1S/C9H5F4NO2/c10-6-2-1-5(7(15)4-14)3-8(6)16-9(11,12)13/h1-3,7,15H. The molecule has 0 aliphatic heterocycles. The molecule has 86 valence electrons. The Balaban J connectivity index is 3.05. The van der Waals surface area contributed by atoms with E-state index in [1.165, 1.54) is 6.07 Å². The van der Waals surface area contributed by atoms with E-state index >= 15 is 0 Å². The van der Waals surface area contributed by atoms with Crippen LogP contribution in [-0.2, 0) is 0 Å². The van der Waals surface area contributed by atoms with Gasteiger partial charge in [0.05, 0.1) is 6.07 Å². The van der Waals surface area contributed by atoms with Crippen molar-refractivity contribution < 1.29 is 27.4 Å².